The van der Waals surface area contributed by atoms with Crippen molar-refractivity contribution in [2.75, 3.05) is 6.61 Å². The largest absolute Gasteiger partial charge is 0.481 e. The molecule has 0 fully saturated rings. The van der Waals surface area contributed by atoms with Gasteiger partial charge in [0.05, 0.1) is 6.61 Å². The maximum Gasteiger partial charge on any atom is 0.268 e. The fraction of sp³-hybridized carbons (Fsp3) is 0.600. The minimum Gasteiger partial charge on any atom is -0.481 e. The van der Waals surface area contributed by atoms with Gasteiger partial charge in [0, 0.05) is 0 Å². The van der Waals surface area contributed by atoms with E-state index in [1.807, 2.05) is 6.92 Å². The molecule has 0 atom stereocenters. The predicted octanol–water partition coefficient (Wildman–Crippen LogP) is 1.44. The van der Waals surface area contributed by atoms with Gasteiger partial charge in [-0.05, 0) is 13.0 Å². The third kappa shape index (κ3) is 5.34. The number of rotatable bonds is 3. The first kappa shape index (κ1) is 6.34. The molecule has 0 bridgehead atoms. The van der Waals surface area contributed by atoms with Gasteiger partial charge in [0.25, 0.3) is 5.95 Å². The summed E-state index contributed by atoms with van der Waals surface area (Å²) in [7, 11) is 0. The highest BCUT2D eigenvalue weighted by Crippen LogP contribution is 1.86. The molecule has 0 aliphatic carbocycles. The lowest BCUT2D eigenvalue weighted by atomic mass is 10.5. The van der Waals surface area contributed by atoms with Crippen molar-refractivity contribution in [1.82, 2.24) is 0 Å². The van der Waals surface area contributed by atoms with E-state index in [2.05, 4.69) is 11.3 Å². The number of ether oxygens (including phenoxy) is 1. The van der Waals surface area contributed by atoms with E-state index in [0.717, 1.165) is 6.42 Å². The van der Waals surface area contributed by atoms with Gasteiger partial charge in [0.2, 0.25) is 0 Å². The summed E-state index contributed by atoms with van der Waals surface area (Å²) < 4.78 is 4.55. The summed E-state index contributed by atoms with van der Waals surface area (Å²) in [5.74, 6) is -0.193. The van der Waals surface area contributed by atoms with E-state index in [-0.39, 0.29) is 5.95 Å². The van der Waals surface area contributed by atoms with Crippen LogP contribution in [0.4, 0.5) is 0 Å². The molecule has 0 saturated heterocycles. The van der Waals surface area contributed by atoms with Crippen molar-refractivity contribution in [2.45, 2.75) is 13.3 Å². The van der Waals surface area contributed by atoms with Gasteiger partial charge in [-0.15, -0.1) is 0 Å². The standard InChI is InChI=1S/C5H10O2/c1-3-4-7-5(2)6/h6H,2-4H2,1H3. The zero-order valence-electron chi connectivity index (χ0n) is 4.48. The maximum absolute atomic E-state index is 8.27. The minimum atomic E-state index is -0.193. The fourth-order valence-electron chi connectivity index (χ4n) is 0.220. The Morgan fingerprint density at radius 1 is 1.86 bits per heavy atom. The van der Waals surface area contributed by atoms with Gasteiger partial charge in [-0.1, -0.05) is 6.92 Å². The first-order valence-corrected chi connectivity index (χ1v) is 2.28. The van der Waals surface area contributed by atoms with E-state index in [9.17, 15) is 0 Å². The molecule has 0 aromatic rings. The Hall–Kier alpha value is -0.660. The van der Waals surface area contributed by atoms with Crippen molar-refractivity contribution in [3.05, 3.63) is 12.5 Å². The van der Waals surface area contributed by atoms with E-state index >= 15 is 0 Å². The molecule has 7 heavy (non-hydrogen) atoms. The van der Waals surface area contributed by atoms with E-state index in [1.165, 1.54) is 0 Å². The third-order valence-corrected chi connectivity index (χ3v) is 0.473. The third-order valence-electron chi connectivity index (χ3n) is 0.473. The van der Waals surface area contributed by atoms with Crippen LogP contribution in [-0.2, 0) is 4.74 Å². The summed E-state index contributed by atoms with van der Waals surface area (Å²) >= 11 is 0. The Balaban J connectivity index is 2.82. The lowest BCUT2D eigenvalue weighted by molar-refractivity contribution is 0.0958. The molecule has 2 heteroatoms. The van der Waals surface area contributed by atoms with E-state index in [0.29, 0.717) is 6.61 Å². The number of hydrogen-bond acceptors (Lipinski definition) is 2. The quantitative estimate of drug-likeness (QED) is 0.546. The SMILES string of the molecule is C=C(O)OCCC. The van der Waals surface area contributed by atoms with E-state index in [4.69, 9.17) is 5.11 Å². The van der Waals surface area contributed by atoms with Gasteiger partial charge in [0.1, 0.15) is 0 Å². The molecule has 2 nitrogen and oxygen atoms in total. The fourth-order valence-corrected chi connectivity index (χ4v) is 0.220. The van der Waals surface area contributed by atoms with Crippen molar-refractivity contribution in [3.8, 4) is 0 Å². The Labute approximate surface area is 43.4 Å². The summed E-state index contributed by atoms with van der Waals surface area (Å²) in [6.07, 6.45) is 0.902. The van der Waals surface area contributed by atoms with Crippen LogP contribution < -0.4 is 0 Å². The second-order valence-corrected chi connectivity index (χ2v) is 1.24. The first-order chi connectivity index (χ1) is 3.27. The zero-order valence-corrected chi connectivity index (χ0v) is 4.48. The lowest BCUT2D eigenvalue weighted by Crippen LogP contribution is -1.89. The van der Waals surface area contributed by atoms with Crippen molar-refractivity contribution in [2.24, 2.45) is 0 Å². The molecule has 0 aliphatic heterocycles. The summed E-state index contributed by atoms with van der Waals surface area (Å²) in [5, 5.41) is 8.27. The molecule has 0 heterocycles. The van der Waals surface area contributed by atoms with Crippen LogP contribution >= 0.6 is 0 Å². The highest BCUT2D eigenvalue weighted by Gasteiger charge is 1.81. The Morgan fingerprint density at radius 3 is 2.57 bits per heavy atom. The summed E-state index contributed by atoms with van der Waals surface area (Å²) in [4.78, 5) is 0. The number of aliphatic hydroxyl groups is 1. The van der Waals surface area contributed by atoms with Crippen LogP contribution in [0.5, 0.6) is 0 Å². The van der Waals surface area contributed by atoms with Crippen molar-refractivity contribution < 1.29 is 9.84 Å². The molecule has 0 aromatic heterocycles. The van der Waals surface area contributed by atoms with Crippen molar-refractivity contribution in [3.63, 3.8) is 0 Å². The molecular weight excluding hydrogens is 92.1 g/mol. The average molecular weight is 102 g/mol. The maximum atomic E-state index is 8.27. The highest BCUT2D eigenvalue weighted by atomic mass is 16.6. The molecule has 0 spiro atoms. The molecule has 0 amide bonds. The first-order valence-electron chi connectivity index (χ1n) is 2.28. The average Bonchev–Trinajstić information content (AvgIpc) is 1.61. The molecule has 0 rings (SSSR count). The Kier molecular flexibility index (Phi) is 3.19. The van der Waals surface area contributed by atoms with Crippen LogP contribution in [-0.4, -0.2) is 11.7 Å². The Morgan fingerprint density at radius 2 is 2.43 bits per heavy atom. The molecular formula is C5H10O2. The topological polar surface area (TPSA) is 29.5 Å². The van der Waals surface area contributed by atoms with Gasteiger partial charge in [0.15, 0.2) is 0 Å². The molecule has 0 saturated carbocycles. The number of aliphatic hydroxyl groups excluding tert-OH is 1. The van der Waals surface area contributed by atoms with Crippen molar-refractivity contribution >= 4 is 0 Å². The van der Waals surface area contributed by atoms with Gasteiger partial charge in [-0.2, -0.15) is 0 Å². The van der Waals surface area contributed by atoms with Crippen LogP contribution in [0, 0.1) is 0 Å². The highest BCUT2D eigenvalue weighted by molar-refractivity contribution is 4.61. The normalized spacial score (nSPS) is 8.14. The van der Waals surface area contributed by atoms with Gasteiger partial charge >= 0.3 is 0 Å². The van der Waals surface area contributed by atoms with Crippen molar-refractivity contribution in [1.29, 1.82) is 0 Å². The molecule has 0 radical (unpaired) electrons. The van der Waals surface area contributed by atoms with Crippen LogP contribution in [0.1, 0.15) is 13.3 Å². The summed E-state index contributed by atoms with van der Waals surface area (Å²) in [5.41, 5.74) is 0. The Bertz CT molecular complexity index is 59.1. The van der Waals surface area contributed by atoms with Gasteiger partial charge < -0.3 is 9.84 Å². The molecule has 1 N–H and O–H groups in total. The molecule has 42 valence electrons. The van der Waals surface area contributed by atoms with Crippen LogP contribution in [0.2, 0.25) is 0 Å². The molecule has 0 aromatic carbocycles. The smallest absolute Gasteiger partial charge is 0.268 e. The van der Waals surface area contributed by atoms with Crippen LogP contribution in [0.3, 0.4) is 0 Å². The van der Waals surface area contributed by atoms with Crippen LogP contribution in [0.15, 0.2) is 12.5 Å². The lowest BCUT2D eigenvalue weighted by Gasteiger charge is -1.97. The van der Waals surface area contributed by atoms with Crippen LogP contribution in [0.25, 0.3) is 0 Å². The second-order valence-electron chi connectivity index (χ2n) is 1.24. The summed E-state index contributed by atoms with van der Waals surface area (Å²) in [6, 6.07) is 0. The molecule has 0 aliphatic rings. The van der Waals surface area contributed by atoms with Gasteiger partial charge in [-0.3, -0.25) is 0 Å². The number of hydrogen-bond donors (Lipinski definition) is 1. The van der Waals surface area contributed by atoms with E-state index < -0.39 is 0 Å². The minimum absolute atomic E-state index is 0.193. The summed E-state index contributed by atoms with van der Waals surface area (Å²) in [6.45, 7) is 5.64. The van der Waals surface area contributed by atoms with Gasteiger partial charge in [-0.25, -0.2) is 0 Å². The second kappa shape index (κ2) is 3.53. The van der Waals surface area contributed by atoms with E-state index in [1.54, 1.807) is 0 Å². The predicted molar refractivity (Wildman–Crippen MR) is 28.0 cm³/mol. The molecule has 0 unspecified atom stereocenters. The monoisotopic (exact) mass is 102 g/mol. The zero-order chi connectivity index (χ0) is 5.70.